The van der Waals surface area contributed by atoms with Crippen LogP contribution >= 0.6 is 0 Å². The predicted octanol–water partition coefficient (Wildman–Crippen LogP) is 2.28. The Morgan fingerprint density at radius 2 is 2.18 bits per heavy atom. The molecule has 2 rings (SSSR count). The summed E-state index contributed by atoms with van der Waals surface area (Å²) in [4.78, 5) is 4.06. The maximum Gasteiger partial charge on any atom is 0.143 e. The molecule has 17 heavy (non-hydrogen) atoms. The molecule has 1 aromatic heterocycles. The van der Waals surface area contributed by atoms with Crippen molar-refractivity contribution < 1.29 is 4.74 Å². The van der Waals surface area contributed by atoms with Crippen LogP contribution in [-0.2, 0) is 6.54 Å². The molecule has 88 valence electrons. The van der Waals surface area contributed by atoms with Crippen molar-refractivity contribution in [1.29, 1.82) is 0 Å². The van der Waals surface area contributed by atoms with Gasteiger partial charge in [0.15, 0.2) is 0 Å². The lowest BCUT2D eigenvalue weighted by Crippen LogP contribution is -2.03. The van der Waals surface area contributed by atoms with E-state index in [0.717, 1.165) is 11.3 Å². The molecule has 1 aromatic carbocycles. The third-order valence-electron chi connectivity index (χ3n) is 2.49. The van der Waals surface area contributed by atoms with E-state index in [1.807, 2.05) is 36.5 Å². The maximum absolute atomic E-state index is 5.95. The minimum atomic E-state index is 0.624. The summed E-state index contributed by atoms with van der Waals surface area (Å²) in [5, 5.41) is 3.26. The van der Waals surface area contributed by atoms with Crippen LogP contribution in [0, 0.1) is 0 Å². The van der Waals surface area contributed by atoms with E-state index in [0.29, 0.717) is 18.0 Å². The van der Waals surface area contributed by atoms with Crippen molar-refractivity contribution in [3.63, 3.8) is 0 Å². The van der Waals surface area contributed by atoms with Gasteiger partial charge in [0.05, 0.1) is 18.5 Å². The lowest BCUT2D eigenvalue weighted by molar-refractivity contribution is 0.417. The molecule has 0 atom stereocenters. The summed E-state index contributed by atoms with van der Waals surface area (Å²) >= 11 is 0. The number of nitrogens with one attached hydrogen (secondary N) is 1. The number of nitrogens with zero attached hydrogens (tertiary/aromatic N) is 1. The van der Waals surface area contributed by atoms with Crippen LogP contribution in [0.5, 0.6) is 5.75 Å². The molecule has 0 aliphatic heterocycles. The molecule has 3 N–H and O–H groups in total. The zero-order valence-electron chi connectivity index (χ0n) is 9.68. The van der Waals surface area contributed by atoms with Gasteiger partial charge in [0.1, 0.15) is 5.75 Å². The smallest absolute Gasteiger partial charge is 0.143 e. The lowest BCUT2D eigenvalue weighted by atomic mass is 10.2. The molecule has 0 aliphatic rings. The molecule has 0 aliphatic carbocycles. The summed E-state index contributed by atoms with van der Waals surface area (Å²) in [7, 11) is 1.61. The Kier molecular flexibility index (Phi) is 3.45. The van der Waals surface area contributed by atoms with E-state index in [9.17, 15) is 0 Å². The number of hydrogen-bond acceptors (Lipinski definition) is 4. The first kappa shape index (κ1) is 11.3. The number of nitrogen functional groups attached to an aromatic ring is 1. The van der Waals surface area contributed by atoms with Crippen LogP contribution in [0.25, 0.3) is 0 Å². The third-order valence-corrected chi connectivity index (χ3v) is 2.49. The van der Waals surface area contributed by atoms with E-state index in [2.05, 4.69) is 10.3 Å². The first-order valence-electron chi connectivity index (χ1n) is 5.36. The van der Waals surface area contributed by atoms with Crippen LogP contribution in [0.4, 0.5) is 11.4 Å². The molecule has 0 amide bonds. The van der Waals surface area contributed by atoms with Crippen molar-refractivity contribution >= 4 is 11.4 Å². The Morgan fingerprint density at radius 1 is 1.29 bits per heavy atom. The molecule has 0 saturated heterocycles. The highest BCUT2D eigenvalue weighted by Crippen LogP contribution is 2.29. The molecule has 0 spiro atoms. The minimum Gasteiger partial charge on any atom is -0.495 e. The van der Waals surface area contributed by atoms with Crippen molar-refractivity contribution in [1.82, 2.24) is 4.98 Å². The fourth-order valence-electron chi connectivity index (χ4n) is 1.58. The summed E-state index contributed by atoms with van der Waals surface area (Å²) in [6, 6.07) is 9.59. The number of pyridine rings is 1. The normalized spacial score (nSPS) is 9.94. The number of nitrogens with two attached hydrogens (primary N) is 1. The van der Waals surface area contributed by atoms with Gasteiger partial charge in [0.25, 0.3) is 0 Å². The molecular formula is C13H15N3O. The standard InChI is InChI=1S/C13H15N3O/c1-17-12-6-2-5-11(13(12)14)16-9-10-4-3-7-15-8-10/h2-8,16H,9,14H2,1H3. The highest BCUT2D eigenvalue weighted by atomic mass is 16.5. The number of hydrogen-bond donors (Lipinski definition) is 2. The highest BCUT2D eigenvalue weighted by molar-refractivity contribution is 5.72. The number of benzene rings is 1. The van der Waals surface area contributed by atoms with Gasteiger partial charge in [-0.1, -0.05) is 12.1 Å². The summed E-state index contributed by atoms with van der Waals surface area (Å²) in [5.74, 6) is 0.682. The Bertz CT molecular complexity index is 485. The molecule has 0 unspecified atom stereocenters. The van der Waals surface area contributed by atoms with Crippen LogP contribution < -0.4 is 15.8 Å². The molecule has 4 nitrogen and oxygen atoms in total. The van der Waals surface area contributed by atoms with Crippen LogP contribution in [-0.4, -0.2) is 12.1 Å². The van der Waals surface area contributed by atoms with Crippen LogP contribution in [0.1, 0.15) is 5.56 Å². The van der Waals surface area contributed by atoms with E-state index >= 15 is 0 Å². The summed E-state index contributed by atoms with van der Waals surface area (Å²) < 4.78 is 5.16. The molecular weight excluding hydrogens is 214 g/mol. The molecule has 0 saturated carbocycles. The van der Waals surface area contributed by atoms with Gasteiger partial charge in [-0.25, -0.2) is 0 Å². The Balaban J connectivity index is 2.09. The first-order chi connectivity index (χ1) is 8.31. The van der Waals surface area contributed by atoms with Gasteiger partial charge in [0.2, 0.25) is 0 Å². The first-order valence-corrected chi connectivity index (χ1v) is 5.36. The number of ether oxygens (including phenoxy) is 1. The second kappa shape index (κ2) is 5.21. The Hall–Kier alpha value is -2.23. The largest absolute Gasteiger partial charge is 0.495 e. The number of methoxy groups -OCH3 is 1. The SMILES string of the molecule is COc1cccc(NCc2cccnc2)c1N. The highest BCUT2D eigenvalue weighted by Gasteiger charge is 2.04. The maximum atomic E-state index is 5.95. The van der Waals surface area contributed by atoms with Gasteiger partial charge in [-0.2, -0.15) is 0 Å². The van der Waals surface area contributed by atoms with Gasteiger partial charge in [-0.15, -0.1) is 0 Å². The van der Waals surface area contributed by atoms with E-state index in [1.165, 1.54) is 0 Å². The van der Waals surface area contributed by atoms with Crippen LogP contribution in [0.3, 0.4) is 0 Å². The molecule has 0 radical (unpaired) electrons. The van der Waals surface area contributed by atoms with Gasteiger partial charge in [-0.3, -0.25) is 4.98 Å². The average Bonchev–Trinajstić information content (AvgIpc) is 2.39. The topological polar surface area (TPSA) is 60.2 Å². The molecule has 1 heterocycles. The van der Waals surface area contributed by atoms with E-state index in [1.54, 1.807) is 13.3 Å². The van der Waals surface area contributed by atoms with Gasteiger partial charge >= 0.3 is 0 Å². The number of aromatic nitrogens is 1. The van der Waals surface area contributed by atoms with Gasteiger partial charge in [0, 0.05) is 18.9 Å². The summed E-state index contributed by atoms with van der Waals surface area (Å²) in [6.07, 6.45) is 3.58. The number of anilines is 2. The Labute approximate surface area is 100 Å². The van der Waals surface area contributed by atoms with Crippen LogP contribution in [0.15, 0.2) is 42.7 Å². The zero-order valence-corrected chi connectivity index (χ0v) is 9.68. The van der Waals surface area contributed by atoms with Crippen molar-refractivity contribution in [3.8, 4) is 5.75 Å². The predicted molar refractivity (Wildman–Crippen MR) is 69.0 cm³/mol. The fourth-order valence-corrected chi connectivity index (χ4v) is 1.58. The average molecular weight is 229 g/mol. The number of rotatable bonds is 4. The minimum absolute atomic E-state index is 0.624. The van der Waals surface area contributed by atoms with E-state index < -0.39 is 0 Å². The van der Waals surface area contributed by atoms with E-state index in [-0.39, 0.29) is 0 Å². The van der Waals surface area contributed by atoms with Gasteiger partial charge in [-0.05, 0) is 23.8 Å². The molecule has 4 heteroatoms. The van der Waals surface area contributed by atoms with Crippen molar-refractivity contribution in [2.45, 2.75) is 6.54 Å². The quantitative estimate of drug-likeness (QED) is 0.790. The number of para-hydroxylation sites is 1. The van der Waals surface area contributed by atoms with Gasteiger partial charge < -0.3 is 15.8 Å². The molecule has 2 aromatic rings. The van der Waals surface area contributed by atoms with Crippen molar-refractivity contribution in [2.24, 2.45) is 0 Å². The zero-order chi connectivity index (χ0) is 12.1. The summed E-state index contributed by atoms with van der Waals surface area (Å²) in [5.41, 5.74) is 8.55. The second-order valence-corrected chi connectivity index (χ2v) is 3.64. The van der Waals surface area contributed by atoms with E-state index in [4.69, 9.17) is 10.5 Å². The second-order valence-electron chi connectivity index (χ2n) is 3.64. The monoisotopic (exact) mass is 229 g/mol. The molecule has 0 fully saturated rings. The summed E-state index contributed by atoms with van der Waals surface area (Å²) in [6.45, 7) is 0.686. The Morgan fingerprint density at radius 3 is 2.88 bits per heavy atom. The van der Waals surface area contributed by atoms with Crippen molar-refractivity contribution in [3.05, 3.63) is 48.3 Å². The van der Waals surface area contributed by atoms with Crippen molar-refractivity contribution in [2.75, 3.05) is 18.2 Å². The molecule has 0 bridgehead atoms. The lowest BCUT2D eigenvalue weighted by Gasteiger charge is -2.11. The van der Waals surface area contributed by atoms with Crippen LogP contribution in [0.2, 0.25) is 0 Å². The fraction of sp³-hybridized carbons (Fsp3) is 0.154. The third kappa shape index (κ3) is 2.66.